The number of aromatic nitrogens is 2. The first kappa shape index (κ1) is 10.7. The lowest BCUT2D eigenvalue weighted by Crippen LogP contribution is -2.32. The minimum absolute atomic E-state index is 0.641. The van der Waals surface area contributed by atoms with E-state index in [4.69, 9.17) is 0 Å². The highest BCUT2D eigenvalue weighted by Gasteiger charge is 2.20. The summed E-state index contributed by atoms with van der Waals surface area (Å²) in [6.45, 7) is 3.25. The van der Waals surface area contributed by atoms with Gasteiger partial charge < -0.3 is 9.88 Å². The van der Waals surface area contributed by atoms with Crippen LogP contribution in [0.1, 0.15) is 38.3 Å². The van der Waals surface area contributed by atoms with Gasteiger partial charge in [-0.25, -0.2) is 4.98 Å². The Morgan fingerprint density at radius 1 is 1.53 bits per heavy atom. The summed E-state index contributed by atoms with van der Waals surface area (Å²) in [5, 5.41) is 3.61. The molecule has 0 aliphatic heterocycles. The fourth-order valence-corrected chi connectivity index (χ4v) is 2.44. The van der Waals surface area contributed by atoms with Crippen molar-refractivity contribution in [3.05, 3.63) is 18.2 Å². The second kappa shape index (κ2) is 4.79. The first-order valence-electron chi connectivity index (χ1n) is 5.96. The monoisotopic (exact) mass is 207 g/mol. The summed E-state index contributed by atoms with van der Waals surface area (Å²) in [7, 11) is 2.05. The van der Waals surface area contributed by atoms with E-state index in [0.29, 0.717) is 6.04 Å². The number of rotatable bonds is 4. The third-order valence-electron chi connectivity index (χ3n) is 3.63. The van der Waals surface area contributed by atoms with Crippen molar-refractivity contribution in [1.82, 2.24) is 14.9 Å². The highest BCUT2D eigenvalue weighted by atomic mass is 15.0. The quantitative estimate of drug-likeness (QED) is 0.819. The summed E-state index contributed by atoms with van der Waals surface area (Å²) in [6, 6.07) is 0.641. The molecular weight excluding hydrogens is 186 g/mol. The number of aryl methyl sites for hydroxylation is 1. The summed E-state index contributed by atoms with van der Waals surface area (Å²) < 4.78 is 2.08. The smallest absolute Gasteiger partial charge is 0.0945 e. The average molecular weight is 207 g/mol. The van der Waals surface area contributed by atoms with Crippen LogP contribution in [-0.4, -0.2) is 15.6 Å². The van der Waals surface area contributed by atoms with Gasteiger partial charge in [0.1, 0.15) is 0 Å². The van der Waals surface area contributed by atoms with Gasteiger partial charge in [-0.15, -0.1) is 0 Å². The van der Waals surface area contributed by atoms with E-state index in [9.17, 15) is 0 Å². The van der Waals surface area contributed by atoms with Crippen LogP contribution in [0.25, 0.3) is 0 Å². The summed E-state index contributed by atoms with van der Waals surface area (Å²) >= 11 is 0. The highest BCUT2D eigenvalue weighted by Crippen LogP contribution is 2.27. The molecule has 0 spiro atoms. The fourth-order valence-electron chi connectivity index (χ4n) is 2.44. The van der Waals surface area contributed by atoms with E-state index in [1.54, 1.807) is 0 Å². The molecule has 0 radical (unpaired) electrons. The van der Waals surface area contributed by atoms with Crippen LogP contribution < -0.4 is 5.32 Å². The van der Waals surface area contributed by atoms with Gasteiger partial charge in [0.25, 0.3) is 0 Å². The molecule has 1 atom stereocenters. The first-order valence-corrected chi connectivity index (χ1v) is 5.96. The predicted octanol–water partition coefficient (Wildman–Crippen LogP) is 2.09. The van der Waals surface area contributed by atoms with Crippen molar-refractivity contribution in [1.29, 1.82) is 0 Å². The number of hydrogen-bond acceptors (Lipinski definition) is 2. The third kappa shape index (κ3) is 2.59. The molecule has 84 valence electrons. The Morgan fingerprint density at radius 3 is 2.87 bits per heavy atom. The number of nitrogens with one attached hydrogen (secondary N) is 1. The van der Waals surface area contributed by atoms with Crippen molar-refractivity contribution >= 4 is 0 Å². The largest absolute Gasteiger partial charge is 0.337 e. The van der Waals surface area contributed by atoms with Crippen LogP contribution in [-0.2, 0) is 13.6 Å². The van der Waals surface area contributed by atoms with Crippen LogP contribution in [0.4, 0.5) is 0 Å². The number of imidazole rings is 1. The zero-order chi connectivity index (χ0) is 10.7. The van der Waals surface area contributed by atoms with E-state index < -0.39 is 0 Å². The van der Waals surface area contributed by atoms with Crippen molar-refractivity contribution in [3.63, 3.8) is 0 Å². The van der Waals surface area contributed by atoms with E-state index in [2.05, 4.69) is 21.8 Å². The van der Waals surface area contributed by atoms with Gasteiger partial charge in [0.15, 0.2) is 0 Å². The number of hydrogen-bond donors (Lipinski definition) is 1. The van der Waals surface area contributed by atoms with Crippen molar-refractivity contribution in [2.24, 2.45) is 13.0 Å². The topological polar surface area (TPSA) is 29.9 Å². The Bertz CT molecular complexity index is 300. The van der Waals surface area contributed by atoms with Gasteiger partial charge in [-0.05, 0) is 25.7 Å². The molecule has 1 aliphatic rings. The molecule has 3 nitrogen and oxygen atoms in total. The predicted molar refractivity (Wildman–Crippen MR) is 61.5 cm³/mol. The Kier molecular flexibility index (Phi) is 3.41. The molecular formula is C12H21N3. The average Bonchev–Trinajstić information content (AvgIpc) is 2.85. The maximum Gasteiger partial charge on any atom is 0.0945 e. The molecule has 0 amide bonds. The molecule has 15 heavy (non-hydrogen) atoms. The summed E-state index contributed by atoms with van der Waals surface area (Å²) in [5.74, 6) is 0.887. The second-order valence-corrected chi connectivity index (χ2v) is 4.71. The molecule has 1 aliphatic carbocycles. The molecule has 0 saturated heterocycles. The number of nitrogens with zero attached hydrogens (tertiary/aromatic N) is 2. The van der Waals surface area contributed by atoms with E-state index >= 15 is 0 Å². The lowest BCUT2D eigenvalue weighted by molar-refractivity contribution is 0.377. The van der Waals surface area contributed by atoms with E-state index in [1.807, 2.05) is 19.6 Å². The minimum Gasteiger partial charge on any atom is -0.337 e. The molecule has 3 heteroatoms. The molecule has 1 N–H and O–H groups in total. The fraction of sp³-hybridized carbons (Fsp3) is 0.750. The summed E-state index contributed by atoms with van der Waals surface area (Å²) in [6.07, 6.45) is 9.44. The molecule has 1 saturated carbocycles. The van der Waals surface area contributed by atoms with Crippen molar-refractivity contribution in [2.75, 3.05) is 0 Å². The lowest BCUT2D eigenvalue weighted by atomic mass is 10.00. The molecule has 0 aromatic carbocycles. The zero-order valence-electron chi connectivity index (χ0n) is 9.74. The van der Waals surface area contributed by atoms with E-state index in [1.165, 1.54) is 31.4 Å². The molecule has 2 rings (SSSR count). The van der Waals surface area contributed by atoms with Gasteiger partial charge in [-0.1, -0.05) is 12.8 Å². The van der Waals surface area contributed by atoms with Crippen molar-refractivity contribution in [2.45, 2.75) is 45.2 Å². The Hall–Kier alpha value is -0.830. The normalized spacial score (nSPS) is 19.6. The Balaban J connectivity index is 1.80. The highest BCUT2D eigenvalue weighted by molar-refractivity contribution is 4.97. The molecule has 1 aromatic heterocycles. The lowest BCUT2D eigenvalue weighted by Gasteiger charge is -2.20. The van der Waals surface area contributed by atoms with Gasteiger partial charge in [-0.3, -0.25) is 0 Å². The second-order valence-electron chi connectivity index (χ2n) is 4.71. The van der Waals surface area contributed by atoms with Gasteiger partial charge in [0, 0.05) is 25.8 Å². The SMILES string of the molecule is C[C@H](NCc1cncn1C)C1CCCC1. The van der Waals surface area contributed by atoms with Crippen LogP contribution in [0.5, 0.6) is 0 Å². The van der Waals surface area contributed by atoms with Crippen molar-refractivity contribution in [3.8, 4) is 0 Å². The van der Waals surface area contributed by atoms with Crippen LogP contribution in [0.3, 0.4) is 0 Å². The standard InChI is InChI=1S/C12H21N3/c1-10(11-5-3-4-6-11)14-8-12-7-13-9-15(12)2/h7,9-11,14H,3-6,8H2,1-2H3/t10-/m0/s1. The van der Waals surface area contributed by atoms with Gasteiger partial charge in [0.05, 0.1) is 12.0 Å². The zero-order valence-corrected chi connectivity index (χ0v) is 9.74. The molecule has 0 bridgehead atoms. The van der Waals surface area contributed by atoms with Crippen molar-refractivity contribution < 1.29 is 0 Å². The van der Waals surface area contributed by atoms with E-state index in [-0.39, 0.29) is 0 Å². The molecule has 1 aromatic rings. The maximum absolute atomic E-state index is 4.12. The summed E-state index contributed by atoms with van der Waals surface area (Å²) in [4.78, 5) is 4.12. The van der Waals surface area contributed by atoms with Gasteiger partial charge in [-0.2, -0.15) is 0 Å². The summed E-state index contributed by atoms with van der Waals surface area (Å²) in [5.41, 5.74) is 1.26. The van der Waals surface area contributed by atoms with Crippen LogP contribution >= 0.6 is 0 Å². The van der Waals surface area contributed by atoms with Crippen LogP contribution in [0.2, 0.25) is 0 Å². The van der Waals surface area contributed by atoms with Crippen LogP contribution in [0, 0.1) is 5.92 Å². The van der Waals surface area contributed by atoms with E-state index in [0.717, 1.165) is 12.5 Å². The maximum atomic E-state index is 4.12. The molecule has 1 fully saturated rings. The van der Waals surface area contributed by atoms with Gasteiger partial charge >= 0.3 is 0 Å². The Morgan fingerprint density at radius 2 is 2.27 bits per heavy atom. The Labute approximate surface area is 91.9 Å². The van der Waals surface area contributed by atoms with Gasteiger partial charge in [0.2, 0.25) is 0 Å². The molecule has 0 unspecified atom stereocenters. The minimum atomic E-state index is 0.641. The molecule has 1 heterocycles. The first-order chi connectivity index (χ1) is 7.27. The third-order valence-corrected chi connectivity index (χ3v) is 3.63. The van der Waals surface area contributed by atoms with Crippen LogP contribution in [0.15, 0.2) is 12.5 Å².